The molecule has 1 heterocycles. The van der Waals surface area contributed by atoms with E-state index in [0.29, 0.717) is 28.9 Å². The van der Waals surface area contributed by atoms with Crippen molar-refractivity contribution in [2.24, 2.45) is 11.7 Å². The average Bonchev–Trinajstić information content (AvgIpc) is 2.43. The number of anilines is 1. The van der Waals surface area contributed by atoms with Crippen molar-refractivity contribution in [1.82, 2.24) is 4.90 Å². The van der Waals surface area contributed by atoms with Crippen molar-refractivity contribution in [3.05, 3.63) is 23.2 Å². The number of hydrogen-bond donors (Lipinski definition) is 2. The third-order valence-corrected chi connectivity index (χ3v) is 4.15. The third kappa shape index (κ3) is 5.02. The molecule has 3 N–H and O–H groups in total. The van der Waals surface area contributed by atoms with Gasteiger partial charge in [-0.3, -0.25) is 9.69 Å². The number of benzene rings is 1. The quantitative estimate of drug-likeness (QED) is 0.877. The number of carbonyl (C=O) groups is 1. The van der Waals surface area contributed by atoms with Crippen LogP contribution >= 0.6 is 24.0 Å². The molecule has 1 amide bonds. The lowest BCUT2D eigenvalue weighted by Crippen LogP contribution is -2.48. The molecule has 0 bridgehead atoms. The summed E-state index contributed by atoms with van der Waals surface area (Å²) in [6, 6.07) is 5.44. The van der Waals surface area contributed by atoms with Crippen molar-refractivity contribution in [1.29, 1.82) is 0 Å². The van der Waals surface area contributed by atoms with Crippen molar-refractivity contribution in [3.63, 3.8) is 0 Å². The van der Waals surface area contributed by atoms with Gasteiger partial charge in [0, 0.05) is 24.8 Å². The standard InChI is InChI=1S/C15H22ClN3O2.ClH/c1-10-8-19(6-5-13(10)17)9-15(20)18-11-3-4-14(21-2)12(16)7-11;/h3-4,7,10,13H,5-6,8-9,17H2,1-2H3,(H,18,20);1H. The van der Waals surface area contributed by atoms with Crippen molar-refractivity contribution < 1.29 is 9.53 Å². The van der Waals surface area contributed by atoms with E-state index in [1.54, 1.807) is 25.3 Å². The van der Waals surface area contributed by atoms with Gasteiger partial charge in [-0.25, -0.2) is 0 Å². The minimum atomic E-state index is -0.0427. The molecule has 0 spiro atoms. The first kappa shape index (κ1) is 19.0. The fourth-order valence-electron chi connectivity index (χ4n) is 2.54. The third-order valence-electron chi connectivity index (χ3n) is 3.86. The van der Waals surface area contributed by atoms with Gasteiger partial charge in [-0.05, 0) is 30.5 Å². The van der Waals surface area contributed by atoms with E-state index < -0.39 is 0 Å². The van der Waals surface area contributed by atoms with Gasteiger partial charge in [0.25, 0.3) is 0 Å². The van der Waals surface area contributed by atoms with Gasteiger partial charge in [-0.15, -0.1) is 12.4 Å². The van der Waals surface area contributed by atoms with Gasteiger partial charge in [0.05, 0.1) is 18.7 Å². The zero-order valence-corrected chi connectivity index (χ0v) is 14.4. The van der Waals surface area contributed by atoms with Crippen molar-refractivity contribution in [2.75, 3.05) is 32.1 Å². The number of ether oxygens (including phenoxy) is 1. The first-order valence-electron chi connectivity index (χ1n) is 7.11. The van der Waals surface area contributed by atoms with Crippen LogP contribution in [0.15, 0.2) is 18.2 Å². The summed E-state index contributed by atoms with van der Waals surface area (Å²) in [4.78, 5) is 14.2. The van der Waals surface area contributed by atoms with Gasteiger partial charge >= 0.3 is 0 Å². The van der Waals surface area contributed by atoms with Gasteiger partial charge in [0.2, 0.25) is 5.91 Å². The fraction of sp³-hybridized carbons (Fsp3) is 0.533. The van der Waals surface area contributed by atoms with Gasteiger partial charge in [0.1, 0.15) is 5.75 Å². The molecule has 1 saturated heterocycles. The topological polar surface area (TPSA) is 67.6 Å². The Hall–Kier alpha value is -1.01. The summed E-state index contributed by atoms with van der Waals surface area (Å²) >= 11 is 6.04. The molecular weight excluding hydrogens is 325 g/mol. The summed E-state index contributed by atoms with van der Waals surface area (Å²) in [5, 5.41) is 3.34. The van der Waals surface area contributed by atoms with Crippen LogP contribution in [0.1, 0.15) is 13.3 Å². The zero-order valence-electron chi connectivity index (χ0n) is 12.8. The molecule has 1 aliphatic heterocycles. The molecule has 5 nitrogen and oxygen atoms in total. The number of nitrogens with one attached hydrogen (secondary N) is 1. The number of rotatable bonds is 4. The van der Waals surface area contributed by atoms with E-state index in [1.807, 2.05) is 0 Å². The summed E-state index contributed by atoms with van der Waals surface area (Å²) in [5.74, 6) is 0.967. The van der Waals surface area contributed by atoms with Crippen LogP contribution in [-0.2, 0) is 4.79 Å². The molecule has 124 valence electrons. The first-order chi connectivity index (χ1) is 9.99. The number of methoxy groups -OCH3 is 1. The van der Waals surface area contributed by atoms with E-state index in [1.165, 1.54) is 0 Å². The molecular formula is C15H23Cl2N3O2. The molecule has 2 unspecified atom stereocenters. The predicted octanol–water partition coefficient (Wildman–Crippen LogP) is 2.38. The number of nitrogens with two attached hydrogens (primary N) is 1. The Bertz CT molecular complexity index is 514. The number of likely N-dealkylation sites (tertiary alicyclic amines) is 1. The Morgan fingerprint density at radius 3 is 2.86 bits per heavy atom. The average molecular weight is 348 g/mol. The van der Waals surface area contributed by atoms with E-state index in [-0.39, 0.29) is 24.4 Å². The molecule has 0 aliphatic carbocycles. The highest BCUT2D eigenvalue weighted by atomic mass is 35.5. The minimum absolute atomic E-state index is 0. The van der Waals surface area contributed by atoms with Gasteiger partial charge in [-0.2, -0.15) is 0 Å². The number of piperidine rings is 1. The lowest BCUT2D eigenvalue weighted by molar-refractivity contribution is -0.117. The van der Waals surface area contributed by atoms with Crippen LogP contribution in [-0.4, -0.2) is 43.6 Å². The Kier molecular flexibility index (Phi) is 7.42. The monoisotopic (exact) mass is 347 g/mol. The zero-order chi connectivity index (χ0) is 15.4. The van der Waals surface area contributed by atoms with E-state index in [2.05, 4.69) is 17.1 Å². The summed E-state index contributed by atoms with van der Waals surface area (Å²) in [5.41, 5.74) is 6.66. The van der Waals surface area contributed by atoms with Crippen molar-refractivity contribution in [3.8, 4) is 5.75 Å². The number of nitrogens with zero attached hydrogens (tertiary/aromatic N) is 1. The molecule has 1 fully saturated rings. The van der Waals surface area contributed by atoms with Crippen LogP contribution in [0.3, 0.4) is 0 Å². The first-order valence-corrected chi connectivity index (χ1v) is 7.48. The lowest BCUT2D eigenvalue weighted by Gasteiger charge is -2.34. The molecule has 1 aromatic rings. The molecule has 0 aromatic heterocycles. The predicted molar refractivity (Wildman–Crippen MR) is 92.1 cm³/mol. The Balaban J connectivity index is 0.00000242. The molecule has 0 radical (unpaired) electrons. The molecule has 22 heavy (non-hydrogen) atoms. The number of hydrogen-bond acceptors (Lipinski definition) is 4. The van der Waals surface area contributed by atoms with Crippen LogP contribution in [0, 0.1) is 5.92 Å². The number of halogens is 2. The Labute approximate surface area is 142 Å². The van der Waals surface area contributed by atoms with Gasteiger partial charge in [0.15, 0.2) is 0 Å². The van der Waals surface area contributed by atoms with E-state index in [9.17, 15) is 4.79 Å². The summed E-state index contributed by atoms with van der Waals surface area (Å²) in [6.07, 6.45) is 0.933. The lowest BCUT2D eigenvalue weighted by atomic mass is 9.95. The van der Waals surface area contributed by atoms with Gasteiger partial charge < -0.3 is 15.8 Å². The highest BCUT2D eigenvalue weighted by Crippen LogP contribution is 2.27. The SMILES string of the molecule is COc1ccc(NC(=O)CN2CCC(N)C(C)C2)cc1Cl.Cl. The van der Waals surface area contributed by atoms with E-state index in [4.69, 9.17) is 22.1 Å². The molecule has 7 heteroatoms. The van der Waals surface area contributed by atoms with Crippen LogP contribution in [0.5, 0.6) is 5.75 Å². The maximum Gasteiger partial charge on any atom is 0.238 e. The maximum atomic E-state index is 12.1. The number of amides is 1. The summed E-state index contributed by atoms with van der Waals surface area (Å²) < 4.78 is 5.08. The second-order valence-corrected chi connectivity index (χ2v) is 5.97. The highest BCUT2D eigenvalue weighted by molar-refractivity contribution is 6.32. The van der Waals surface area contributed by atoms with Gasteiger partial charge in [-0.1, -0.05) is 18.5 Å². The normalized spacial score (nSPS) is 21.8. The van der Waals surface area contributed by atoms with Crippen LogP contribution in [0.2, 0.25) is 5.02 Å². The van der Waals surface area contributed by atoms with E-state index in [0.717, 1.165) is 19.5 Å². The van der Waals surface area contributed by atoms with Crippen molar-refractivity contribution >= 4 is 35.6 Å². The molecule has 0 saturated carbocycles. The second-order valence-electron chi connectivity index (χ2n) is 5.56. The van der Waals surface area contributed by atoms with Crippen molar-refractivity contribution in [2.45, 2.75) is 19.4 Å². The van der Waals surface area contributed by atoms with Crippen LogP contribution < -0.4 is 15.8 Å². The minimum Gasteiger partial charge on any atom is -0.495 e. The Morgan fingerprint density at radius 1 is 1.55 bits per heavy atom. The highest BCUT2D eigenvalue weighted by Gasteiger charge is 2.24. The maximum absolute atomic E-state index is 12.1. The summed E-state index contributed by atoms with van der Waals surface area (Å²) in [6.45, 7) is 4.22. The number of carbonyl (C=O) groups excluding carboxylic acids is 1. The smallest absolute Gasteiger partial charge is 0.238 e. The summed E-state index contributed by atoms with van der Waals surface area (Å²) in [7, 11) is 1.56. The second kappa shape index (κ2) is 8.58. The molecule has 2 atom stereocenters. The largest absolute Gasteiger partial charge is 0.495 e. The fourth-order valence-corrected chi connectivity index (χ4v) is 2.80. The van der Waals surface area contributed by atoms with Crippen LogP contribution in [0.25, 0.3) is 0 Å². The molecule has 1 aromatic carbocycles. The Morgan fingerprint density at radius 2 is 2.27 bits per heavy atom. The van der Waals surface area contributed by atoms with Crippen LogP contribution in [0.4, 0.5) is 5.69 Å². The van der Waals surface area contributed by atoms with E-state index >= 15 is 0 Å². The molecule has 1 aliphatic rings. The molecule has 2 rings (SSSR count).